The zero-order valence-electron chi connectivity index (χ0n) is 26.4. The van der Waals surface area contributed by atoms with E-state index < -0.39 is 0 Å². The summed E-state index contributed by atoms with van der Waals surface area (Å²) in [4.78, 5) is 13.7. The van der Waals surface area contributed by atoms with Gasteiger partial charge in [-0.15, -0.1) is 54.1 Å². The number of pyridine rings is 3. The van der Waals surface area contributed by atoms with Crippen molar-refractivity contribution < 1.29 is 24.5 Å². The van der Waals surface area contributed by atoms with Crippen LogP contribution < -0.4 is 0 Å². The zero-order valence-corrected chi connectivity index (χ0v) is 28.8. The summed E-state index contributed by atoms with van der Waals surface area (Å²) in [5.74, 6) is 0. The van der Waals surface area contributed by atoms with E-state index in [0.717, 1.165) is 72.2 Å². The Morgan fingerprint density at radius 1 is 0.562 bits per heavy atom. The average molecular weight is 796 g/mol. The topological polar surface area (TPSA) is 51.8 Å². The molecule has 4 aromatic heterocycles. The summed E-state index contributed by atoms with van der Waals surface area (Å²) in [6.45, 7) is 4.13. The fourth-order valence-corrected chi connectivity index (χ4v) is 6.04. The normalized spacial score (nSPS) is 11.0. The predicted molar refractivity (Wildman–Crippen MR) is 192 cm³/mol. The summed E-state index contributed by atoms with van der Waals surface area (Å²) in [6.07, 6.45) is 3.65. The Balaban J connectivity index is 0.000000237. The second kappa shape index (κ2) is 13.3. The molecule has 0 atom stereocenters. The Bertz CT molecular complexity index is 2510. The van der Waals surface area contributed by atoms with E-state index in [1.54, 1.807) is 6.20 Å². The first-order chi connectivity index (χ1) is 23.1. The van der Waals surface area contributed by atoms with E-state index in [1.807, 2.05) is 67.7 Å². The van der Waals surface area contributed by atoms with Crippen molar-refractivity contribution in [2.45, 2.75) is 13.8 Å². The molecule has 0 aliphatic carbocycles. The van der Waals surface area contributed by atoms with Crippen LogP contribution in [0.5, 0.6) is 0 Å². The Morgan fingerprint density at radius 3 is 2.19 bits per heavy atom. The molecule has 0 N–H and O–H groups in total. The van der Waals surface area contributed by atoms with Gasteiger partial charge in [-0.1, -0.05) is 83.2 Å². The van der Waals surface area contributed by atoms with Crippen LogP contribution in [0.25, 0.3) is 77.3 Å². The first-order valence-electron chi connectivity index (χ1n) is 15.6. The number of aromatic nitrogens is 3. The minimum absolute atomic E-state index is 0. The molecular formula is C43H29IrN3O-2. The maximum Gasteiger partial charge on any atom is 0.147 e. The van der Waals surface area contributed by atoms with Crippen LogP contribution >= 0.6 is 0 Å². The van der Waals surface area contributed by atoms with Crippen LogP contribution in [-0.4, -0.2) is 15.0 Å². The van der Waals surface area contributed by atoms with Crippen LogP contribution in [0.1, 0.15) is 11.3 Å². The van der Waals surface area contributed by atoms with Crippen molar-refractivity contribution in [2.75, 3.05) is 0 Å². The van der Waals surface area contributed by atoms with Crippen molar-refractivity contribution in [3.8, 4) is 33.6 Å². The monoisotopic (exact) mass is 796 g/mol. The summed E-state index contributed by atoms with van der Waals surface area (Å²) in [6, 6.07) is 49.9. The zero-order chi connectivity index (χ0) is 31.7. The van der Waals surface area contributed by atoms with E-state index in [0.29, 0.717) is 0 Å². The van der Waals surface area contributed by atoms with Crippen molar-refractivity contribution in [1.82, 2.24) is 15.0 Å². The van der Waals surface area contributed by atoms with Gasteiger partial charge in [-0.05, 0) is 71.4 Å². The van der Waals surface area contributed by atoms with Gasteiger partial charge in [0.05, 0.1) is 5.58 Å². The predicted octanol–water partition coefficient (Wildman–Crippen LogP) is 11.0. The fraction of sp³-hybridized carbons (Fsp3) is 0.0465. The summed E-state index contributed by atoms with van der Waals surface area (Å²) >= 11 is 0. The van der Waals surface area contributed by atoms with Crippen molar-refractivity contribution >= 4 is 43.6 Å². The van der Waals surface area contributed by atoms with E-state index in [2.05, 4.69) is 96.8 Å². The van der Waals surface area contributed by atoms with Crippen molar-refractivity contribution in [3.63, 3.8) is 0 Å². The third kappa shape index (κ3) is 6.02. The molecule has 1 radical (unpaired) electrons. The summed E-state index contributed by atoms with van der Waals surface area (Å²) in [7, 11) is 0. The largest absolute Gasteiger partial charge is 0.498 e. The molecule has 0 spiro atoms. The molecule has 9 rings (SSSR count). The molecule has 0 amide bonds. The number of furan rings is 1. The molecule has 4 nitrogen and oxygen atoms in total. The number of fused-ring (bicyclic) bond motifs is 6. The maximum absolute atomic E-state index is 6.49. The number of nitrogens with zero attached hydrogens (tertiary/aromatic N) is 3. The number of rotatable bonds is 3. The Morgan fingerprint density at radius 2 is 1.33 bits per heavy atom. The molecule has 0 fully saturated rings. The van der Waals surface area contributed by atoms with Gasteiger partial charge in [-0.2, -0.15) is 0 Å². The third-order valence-electron chi connectivity index (χ3n) is 8.39. The molecule has 5 aromatic carbocycles. The summed E-state index contributed by atoms with van der Waals surface area (Å²) < 4.78 is 6.49. The van der Waals surface area contributed by atoms with Crippen LogP contribution in [0.15, 0.2) is 144 Å². The van der Waals surface area contributed by atoms with E-state index in [9.17, 15) is 0 Å². The van der Waals surface area contributed by atoms with Crippen molar-refractivity contribution in [2.24, 2.45) is 0 Å². The minimum atomic E-state index is 0. The number of aryl methyl sites for hydroxylation is 2. The molecule has 0 saturated carbocycles. The average Bonchev–Trinajstić information content (AvgIpc) is 3.52. The second-order valence-electron chi connectivity index (χ2n) is 11.7. The molecule has 0 bridgehead atoms. The standard InChI is InChI=1S/C32H21N2O.C11H8N.Ir/c1-19-6-8-23-17-24(11-10-22(23)16-19)25-14-15-33-29(18-25)28-5-3-4-26-27-13-12-21-9-7-20(2)34-30(21)32(27)35-31(26)28;1-2-6-10(7-3-1)11-8-4-5-9-12-11;/h3-4,6-18H,1-2H3;1-6,8-9H;/q2*-1;. The van der Waals surface area contributed by atoms with Gasteiger partial charge in [0.25, 0.3) is 0 Å². The molecular weight excluding hydrogens is 767 g/mol. The van der Waals surface area contributed by atoms with Crippen molar-refractivity contribution in [1.29, 1.82) is 0 Å². The van der Waals surface area contributed by atoms with Gasteiger partial charge in [0, 0.05) is 49.0 Å². The second-order valence-corrected chi connectivity index (χ2v) is 11.7. The Kier molecular flexibility index (Phi) is 8.64. The van der Waals surface area contributed by atoms with E-state index in [4.69, 9.17) is 14.4 Å². The number of benzene rings is 5. The SMILES string of the molecule is Cc1ccc2cc(-c3ccnc(-c4[c-]ccc5c4oc4c5ccc5ccc(C)nc54)c3)ccc2c1.[Ir].[c-]1ccccc1-c1ccccn1. The van der Waals surface area contributed by atoms with Crippen molar-refractivity contribution in [3.05, 3.63) is 163 Å². The van der Waals surface area contributed by atoms with Gasteiger partial charge in [0.2, 0.25) is 0 Å². The molecule has 48 heavy (non-hydrogen) atoms. The summed E-state index contributed by atoms with van der Waals surface area (Å²) in [5, 5.41) is 5.65. The molecule has 4 heterocycles. The van der Waals surface area contributed by atoms with Crippen LogP contribution in [-0.2, 0) is 20.1 Å². The first-order valence-corrected chi connectivity index (χ1v) is 15.6. The molecule has 0 aliphatic rings. The van der Waals surface area contributed by atoms with Crippen LogP contribution in [0.4, 0.5) is 0 Å². The van der Waals surface area contributed by atoms with Crippen LogP contribution in [0.3, 0.4) is 0 Å². The molecule has 233 valence electrons. The molecule has 5 heteroatoms. The van der Waals surface area contributed by atoms with E-state index in [-0.39, 0.29) is 20.1 Å². The Labute approximate surface area is 292 Å². The van der Waals surface area contributed by atoms with Crippen LogP contribution in [0, 0.1) is 26.0 Å². The van der Waals surface area contributed by atoms with Gasteiger partial charge in [0.15, 0.2) is 0 Å². The molecule has 9 aromatic rings. The fourth-order valence-electron chi connectivity index (χ4n) is 6.04. The van der Waals surface area contributed by atoms with Gasteiger partial charge < -0.3 is 14.4 Å². The van der Waals surface area contributed by atoms with Gasteiger partial charge in [0.1, 0.15) is 11.1 Å². The Hall–Kier alpha value is -5.48. The molecule has 0 saturated heterocycles. The third-order valence-corrected chi connectivity index (χ3v) is 8.39. The summed E-state index contributed by atoms with van der Waals surface area (Å²) in [5.41, 5.74) is 10.7. The van der Waals surface area contributed by atoms with Gasteiger partial charge in [-0.3, -0.25) is 0 Å². The van der Waals surface area contributed by atoms with Gasteiger partial charge in [-0.25, -0.2) is 4.98 Å². The number of hydrogen-bond acceptors (Lipinski definition) is 4. The van der Waals surface area contributed by atoms with Crippen LogP contribution in [0.2, 0.25) is 0 Å². The van der Waals surface area contributed by atoms with E-state index >= 15 is 0 Å². The quantitative estimate of drug-likeness (QED) is 0.167. The first kappa shape index (κ1) is 31.1. The number of hydrogen-bond donors (Lipinski definition) is 0. The van der Waals surface area contributed by atoms with E-state index in [1.165, 1.54) is 16.3 Å². The minimum Gasteiger partial charge on any atom is -0.498 e. The van der Waals surface area contributed by atoms with Gasteiger partial charge >= 0.3 is 0 Å². The smallest absolute Gasteiger partial charge is 0.147 e. The maximum atomic E-state index is 6.49. The molecule has 0 aliphatic heterocycles. The molecule has 0 unspecified atom stereocenters.